The summed E-state index contributed by atoms with van der Waals surface area (Å²) in [5, 5.41) is 2.76. The van der Waals surface area contributed by atoms with Crippen LogP contribution in [0.3, 0.4) is 0 Å². The zero-order valence-electron chi connectivity index (χ0n) is 7.95. The summed E-state index contributed by atoms with van der Waals surface area (Å²) in [7, 11) is 0. The highest BCUT2D eigenvalue weighted by molar-refractivity contribution is 5.99. The maximum absolute atomic E-state index is 11.4. The first kappa shape index (κ1) is 8.23. The number of nitrogens with zero attached hydrogens (tertiary/aromatic N) is 1. The second-order valence-corrected chi connectivity index (χ2v) is 3.49. The molecule has 0 atom stereocenters. The predicted octanol–water partition coefficient (Wildman–Crippen LogP) is 1.32. The fourth-order valence-corrected chi connectivity index (χ4v) is 1.79. The van der Waals surface area contributed by atoms with Crippen molar-refractivity contribution in [2.45, 2.75) is 6.54 Å². The number of H-pyrrole nitrogens is 1. The Morgan fingerprint density at radius 2 is 2.07 bits per heavy atom. The van der Waals surface area contributed by atoms with Crippen molar-refractivity contribution >= 4 is 5.91 Å². The number of hydrogen-bond donors (Lipinski definition) is 2. The number of hydrogen-bond acceptors (Lipinski definition) is 2. The first-order valence-corrected chi connectivity index (χ1v) is 4.75. The molecule has 0 fully saturated rings. The lowest BCUT2D eigenvalue weighted by atomic mass is 10.2. The molecule has 74 valence electrons. The van der Waals surface area contributed by atoms with Crippen molar-refractivity contribution in [3.8, 4) is 11.3 Å². The Balaban J connectivity index is 2.09. The van der Waals surface area contributed by atoms with E-state index in [9.17, 15) is 4.79 Å². The highest BCUT2D eigenvalue weighted by Crippen LogP contribution is 2.23. The molecular weight excluding hydrogens is 190 g/mol. The van der Waals surface area contributed by atoms with E-state index in [0.29, 0.717) is 6.54 Å². The third-order valence-corrected chi connectivity index (χ3v) is 2.56. The van der Waals surface area contributed by atoms with Gasteiger partial charge in [0.05, 0.1) is 12.1 Å². The number of carbonyl (C=O) groups is 1. The van der Waals surface area contributed by atoms with Crippen molar-refractivity contribution in [1.82, 2.24) is 15.3 Å². The standard InChI is InChI=1S/C11H9N3O/c15-11-8-5-9(14-10(8)6-13-11)7-1-3-12-4-2-7/h1-5,14H,6H2,(H,13,15). The average molecular weight is 199 g/mol. The monoisotopic (exact) mass is 199 g/mol. The minimum absolute atomic E-state index is 0.00144. The lowest BCUT2D eigenvalue weighted by Gasteiger charge is -1.97. The van der Waals surface area contributed by atoms with Crippen LogP contribution < -0.4 is 5.32 Å². The third kappa shape index (κ3) is 1.22. The third-order valence-electron chi connectivity index (χ3n) is 2.56. The van der Waals surface area contributed by atoms with E-state index in [4.69, 9.17) is 0 Å². The van der Waals surface area contributed by atoms with Crippen LogP contribution >= 0.6 is 0 Å². The Hall–Kier alpha value is -2.10. The molecule has 0 spiro atoms. The van der Waals surface area contributed by atoms with Crippen LogP contribution in [0.4, 0.5) is 0 Å². The van der Waals surface area contributed by atoms with Crippen LogP contribution in [0.25, 0.3) is 11.3 Å². The molecule has 3 heterocycles. The van der Waals surface area contributed by atoms with E-state index < -0.39 is 0 Å². The number of aromatic nitrogens is 2. The van der Waals surface area contributed by atoms with Crippen molar-refractivity contribution in [3.05, 3.63) is 41.9 Å². The van der Waals surface area contributed by atoms with Crippen LogP contribution in [0.5, 0.6) is 0 Å². The number of rotatable bonds is 1. The van der Waals surface area contributed by atoms with Gasteiger partial charge in [-0.3, -0.25) is 9.78 Å². The molecule has 3 rings (SSSR count). The van der Waals surface area contributed by atoms with E-state index >= 15 is 0 Å². The fourth-order valence-electron chi connectivity index (χ4n) is 1.79. The number of carbonyl (C=O) groups excluding carboxylic acids is 1. The summed E-state index contributed by atoms with van der Waals surface area (Å²) in [6.07, 6.45) is 3.47. The largest absolute Gasteiger partial charge is 0.356 e. The van der Waals surface area contributed by atoms with Crippen LogP contribution in [0.1, 0.15) is 16.1 Å². The molecular formula is C11H9N3O. The lowest BCUT2D eigenvalue weighted by Crippen LogP contribution is -2.12. The van der Waals surface area contributed by atoms with Gasteiger partial charge in [-0.15, -0.1) is 0 Å². The Labute approximate surface area is 86.4 Å². The zero-order chi connectivity index (χ0) is 10.3. The van der Waals surface area contributed by atoms with Crippen molar-refractivity contribution < 1.29 is 4.79 Å². The SMILES string of the molecule is O=C1NCc2[nH]c(-c3ccncc3)cc21. The number of fused-ring (bicyclic) bond motifs is 1. The van der Waals surface area contributed by atoms with Crippen molar-refractivity contribution in [1.29, 1.82) is 0 Å². The summed E-state index contributed by atoms with van der Waals surface area (Å²) in [4.78, 5) is 18.6. The normalized spacial score (nSPS) is 13.7. The number of pyridine rings is 1. The number of aromatic amines is 1. The lowest BCUT2D eigenvalue weighted by molar-refractivity contribution is 0.0966. The molecule has 0 saturated heterocycles. The topological polar surface area (TPSA) is 57.8 Å². The van der Waals surface area contributed by atoms with Gasteiger partial charge in [-0.2, -0.15) is 0 Å². The van der Waals surface area contributed by atoms with Crippen molar-refractivity contribution in [2.24, 2.45) is 0 Å². The highest BCUT2D eigenvalue weighted by Gasteiger charge is 2.21. The highest BCUT2D eigenvalue weighted by atomic mass is 16.1. The molecule has 4 nitrogen and oxygen atoms in total. The van der Waals surface area contributed by atoms with E-state index in [1.165, 1.54) is 0 Å². The molecule has 0 unspecified atom stereocenters. The van der Waals surface area contributed by atoms with E-state index in [2.05, 4.69) is 15.3 Å². The average Bonchev–Trinajstić information content (AvgIpc) is 2.83. The second-order valence-electron chi connectivity index (χ2n) is 3.49. The Morgan fingerprint density at radius 1 is 1.27 bits per heavy atom. The van der Waals surface area contributed by atoms with Gasteiger partial charge in [0, 0.05) is 29.3 Å². The fraction of sp³-hybridized carbons (Fsp3) is 0.0909. The molecule has 1 aliphatic heterocycles. The summed E-state index contributed by atoms with van der Waals surface area (Å²) in [6.45, 7) is 0.596. The first-order chi connectivity index (χ1) is 7.34. The first-order valence-electron chi connectivity index (χ1n) is 4.75. The molecule has 0 aliphatic carbocycles. The molecule has 4 heteroatoms. The van der Waals surface area contributed by atoms with Gasteiger partial charge >= 0.3 is 0 Å². The molecule has 2 aromatic heterocycles. The number of amides is 1. The van der Waals surface area contributed by atoms with Gasteiger partial charge in [-0.1, -0.05) is 0 Å². The quantitative estimate of drug-likeness (QED) is 0.727. The molecule has 0 radical (unpaired) electrons. The van der Waals surface area contributed by atoms with Crippen molar-refractivity contribution in [3.63, 3.8) is 0 Å². The summed E-state index contributed by atoms with van der Waals surface area (Å²) in [5.41, 5.74) is 3.73. The Kier molecular flexibility index (Phi) is 1.62. The Bertz CT molecular complexity index is 516. The van der Waals surface area contributed by atoms with Gasteiger partial charge in [-0.25, -0.2) is 0 Å². The van der Waals surface area contributed by atoms with E-state index in [-0.39, 0.29) is 5.91 Å². The summed E-state index contributed by atoms with van der Waals surface area (Å²) in [5.74, 6) is 0.00144. The molecule has 0 bridgehead atoms. The van der Waals surface area contributed by atoms with Crippen LogP contribution in [-0.2, 0) is 6.54 Å². The van der Waals surface area contributed by atoms with Gasteiger partial charge in [0.25, 0.3) is 5.91 Å². The molecule has 1 aliphatic rings. The number of nitrogens with one attached hydrogen (secondary N) is 2. The summed E-state index contributed by atoms with van der Waals surface area (Å²) >= 11 is 0. The van der Waals surface area contributed by atoms with Crippen LogP contribution in [0.2, 0.25) is 0 Å². The van der Waals surface area contributed by atoms with Gasteiger partial charge in [-0.05, 0) is 18.2 Å². The molecule has 2 N–H and O–H groups in total. The second kappa shape index (κ2) is 2.95. The summed E-state index contributed by atoms with van der Waals surface area (Å²) < 4.78 is 0. The minimum atomic E-state index is 0.00144. The van der Waals surface area contributed by atoms with Crippen molar-refractivity contribution in [2.75, 3.05) is 0 Å². The van der Waals surface area contributed by atoms with Gasteiger partial charge in [0.15, 0.2) is 0 Å². The Morgan fingerprint density at radius 3 is 2.80 bits per heavy atom. The molecule has 0 saturated carbocycles. The van der Waals surface area contributed by atoms with E-state index in [0.717, 1.165) is 22.5 Å². The van der Waals surface area contributed by atoms with Gasteiger partial charge in [0.1, 0.15) is 0 Å². The van der Waals surface area contributed by atoms with Crippen LogP contribution in [0, 0.1) is 0 Å². The van der Waals surface area contributed by atoms with E-state index in [1.807, 2.05) is 18.2 Å². The predicted molar refractivity (Wildman–Crippen MR) is 55.2 cm³/mol. The molecule has 0 aromatic carbocycles. The molecule has 15 heavy (non-hydrogen) atoms. The van der Waals surface area contributed by atoms with Crippen LogP contribution in [-0.4, -0.2) is 15.9 Å². The van der Waals surface area contributed by atoms with Crippen LogP contribution in [0.15, 0.2) is 30.6 Å². The van der Waals surface area contributed by atoms with Gasteiger partial charge < -0.3 is 10.3 Å². The molecule has 2 aromatic rings. The maximum atomic E-state index is 11.4. The van der Waals surface area contributed by atoms with Gasteiger partial charge in [0.2, 0.25) is 0 Å². The minimum Gasteiger partial charge on any atom is -0.356 e. The molecule has 1 amide bonds. The maximum Gasteiger partial charge on any atom is 0.253 e. The zero-order valence-corrected chi connectivity index (χ0v) is 7.95. The summed E-state index contributed by atoms with van der Waals surface area (Å²) in [6, 6.07) is 5.71. The smallest absolute Gasteiger partial charge is 0.253 e. The van der Waals surface area contributed by atoms with E-state index in [1.54, 1.807) is 12.4 Å².